The number of hydrogen-bond acceptors (Lipinski definition) is 10. The Morgan fingerprint density at radius 1 is 0.361 bits per heavy atom. The van der Waals surface area contributed by atoms with Crippen LogP contribution in [0.3, 0.4) is 0 Å². The molecule has 0 rings (SSSR count). The van der Waals surface area contributed by atoms with Crippen molar-refractivity contribution in [3.63, 3.8) is 0 Å². The first-order valence-electron chi connectivity index (χ1n) is 10.5. The van der Waals surface area contributed by atoms with Gasteiger partial charge in [-0.3, -0.25) is 48.4 Å². The van der Waals surface area contributed by atoms with Crippen LogP contribution in [-0.4, -0.2) is 165 Å². The van der Waals surface area contributed by atoms with Crippen molar-refractivity contribution >= 4 is 35.8 Å². The molecule has 0 aromatic carbocycles. The van der Waals surface area contributed by atoms with E-state index in [9.17, 15) is 28.8 Å². The smallest absolute Gasteiger partial charge is 0.317 e. The third kappa shape index (κ3) is 20.7. The fraction of sp³-hybridized carbons (Fsp3) is 0.684. The summed E-state index contributed by atoms with van der Waals surface area (Å²) in [5.41, 5.74) is 0. The minimum absolute atomic E-state index is 0. The molecule has 0 aliphatic heterocycles. The molecule has 1 radical (unpaired) electrons. The van der Waals surface area contributed by atoms with Crippen molar-refractivity contribution in [2.24, 2.45) is 0 Å². The molecule has 0 atom stereocenters. The SMILES string of the molecule is O=C(O)CN(CCCN(CCN(CC(=O)O)CC(=O)O)CC(=O)O)CCN(CC(=O)O)CC(=O)O.[99Tc]. The fourth-order valence-corrected chi connectivity index (χ4v) is 3.20. The first kappa shape index (κ1) is 35.5. The topological polar surface area (TPSA) is 237 Å². The molecule has 0 aromatic rings. The van der Waals surface area contributed by atoms with Crippen LogP contribution in [0.5, 0.6) is 0 Å². The van der Waals surface area contributed by atoms with Crippen LogP contribution in [0.2, 0.25) is 0 Å². The molecule has 6 N–H and O–H groups in total. The van der Waals surface area contributed by atoms with Crippen LogP contribution < -0.4 is 0 Å². The van der Waals surface area contributed by atoms with Crippen molar-refractivity contribution in [1.29, 1.82) is 0 Å². The average molecular weight is 607 g/mol. The molecule has 0 spiro atoms. The third-order valence-electron chi connectivity index (χ3n) is 4.57. The average Bonchev–Trinajstić information content (AvgIpc) is 2.67. The number of nitrogens with zero attached hydrogens (tertiary/aromatic N) is 4. The van der Waals surface area contributed by atoms with Gasteiger partial charge in [-0.25, -0.2) is 0 Å². The predicted molar refractivity (Wildman–Crippen MR) is 116 cm³/mol. The Bertz CT molecular complexity index is 662. The van der Waals surface area contributed by atoms with Crippen LogP contribution in [0, 0.1) is 0 Å². The summed E-state index contributed by atoms with van der Waals surface area (Å²) in [5, 5.41) is 53.9. The quantitative estimate of drug-likeness (QED) is 0.0723. The third-order valence-corrected chi connectivity index (χ3v) is 4.57. The van der Waals surface area contributed by atoms with E-state index in [1.54, 1.807) is 0 Å². The van der Waals surface area contributed by atoms with Gasteiger partial charge in [0.2, 0.25) is 0 Å². The Hall–Kier alpha value is -2.69. The molecule has 0 saturated carbocycles. The molecule has 0 fully saturated rings. The zero-order valence-electron chi connectivity index (χ0n) is 19.5. The molecule has 16 nitrogen and oxygen atoms in total. The van der Waals surface area contributed by atoms with E-state index in [0.29, 0.717) is 0 Å². The van der Waals surface area contributed by atoms with Crippen LogP contribution in [0.1, 0.15) is 6.42 Å². The van der Waals surface area contributed by atoms with Gasteiger partial charge in [-0.2, -0.15) is 0 Å². The number of rotatable bonds is 22. The van der Waals surface area contributed by atoms with Crippen LogP contribution >= 0.6 is 0 Å². The molecular weight excluding hydrogens is 575 g/mol. The van der Waals surface area contributed by atoms with Crippen molar-refractivity contribution in [3.05, 3.63) is 0 Å². The van der Waals surface area contributed by atoms with Crippen molar-refractivity contribution in [2.75, 3.05) is 78.5 Å². The fourth-order valence-electron chi connectivity index (χ4n) is 3.20. The largest absolute Gasteiger partial charge is 0.480 e. The van der Waals surface area contributed by atoms with Gasteiger partial charge in [-0.05, 0) is 6.42 Å². The Balaban J connectivity index is 0. The van der Waals surface area contributed by atoms with E-state index in [0.717, 1.165) is 9.80 Å². The molecule has 0 bridgehead atoms. The molecule has 0 unspecified atom stereocenters. The molecular formula is C19H32N4O12Tc. The second-order valence-corrected chi connectivity index (χ2v) is 7.69. The second-order valence-electron chi connectivity index (χ2n) is 7.69. The number of aliphatic carboxylic acids is 6. The maximum Gasteiger partial charge on any atom is 0.317 e. The Morgan fingerprint density at radius 3 is 0.778 bits per heavy atom. The van der Waals surface area contributed by atoms with Gasteiger partial charge in [0.15, 0.2) is 0 Å². The summed E-state index contributed by atoms with van der Waals surface area (Å²) in [7, 11) is 0. The van der Waals surface area contributed by atoms with Crippen molar-refractivity contribution in [2.45, 2.75) is 6.42 Å². The summed E-state index contributed by atoms with van der Waals surface area (Å²) < 4.78 is 0. The molecule has 0 heterocycles. The second kappa shape index (κ2) is 19.5. The Kier molecular flexibility index (Phi) is 19.2. The van der Waals surface area contributed by atoms with E-state index >= 15 is 0 Å². The predicted octanol–water partition coefficient (Wildman–Crippen LogP) is -2.91. The van der Waals surface area contributed by atoms with Crippen LogP contribution in [0.4, 0.5) is 0 Å². The minimum atomic E-state index is -1.24. The number of carboxylic acid groups (broad SMARTS) is 6. The van der Waals surface area contributed by atoms with Gasteiger partial charge in [-0.15, -0.1) is 0 Å². The van der Waals surface area contributed by atoms with E-state index in [4.69, 9.17) is 30.6 Å². The van der Waals surface area contributed by atoms with Gasteiger partial charge < -0.3 is 30.6 Å². The number of hydrogen-bond donors (Lipinski definition) is 6. The number of carboxylic acids is 6. The standard InChI is InChI=1S/C19H32N4O12.Tc/c24-14(25)8-20(4-6-22(10-16(28)29)11-17(30)31)2-1-3-21(9-15(26)27)5-7-23(12-18(32)33)13-19(34)35;/h1-13H2,(H,24,25)(H,26,27)(H,28,29)(H,30,31)(H,32,33)(H,34,35);/i;1+1. The summed E-state index contributed by atoms with van der Waals surface area (Å²) in [6, 6.07) is 0. The minimum Gasteiger partial charge on any atom is -0.480 e. The van der Waals surface area contributed by atoms with E-state index < -0.39 is 75.1 Å². The van der Waals surface area contributed by atoms with Gasteiger partial charge in [-0.1, -0.05) is 0 Å². The maximum absolute atomic E-state index is 11.2. The molecule has 0 aliphatic carbocycles. The Labute approximate surface area is 220 Å². The monoisotopic (exact) mass is 607 g/mol. The summed E-state index contributed by atoms with van der Waals surface area (Å²) in [5.74, 6) is -7.26. The summed E-state index contributed by atoms with van der Waals surface area (Å²) in [6.07, 6.45) is 0.288. The molecule has 0 aromatic heterocycles. The molecule has 0 amide bonds. The molecule has 207 valence electrons. The van der Waals surface area contributed by atoms with Gasteiger partial charge in [0.25, 0.3) is 0 Å². The van der Waals surface area contributed by atoms with Crippen LogP contribution in [0.15, 0.2) is 0 Å². The zero-order chi connectivity index (χ0) is 27.0. The van der Waals surface area contributed by atoms with E-state index in [2.05, 4.69) is 0 Å². The maximum atomic E-state index is 11.2. The first-order chi connectivity index (χ1) is 16.3. The zero-order valence-corrected chi connectivity index (χ0v) is 21.4. The normalized spacial score (nSPS) is 11.0. The van der Waals surface area contributed by atoms with Crippen LogP contribution in [-0.2, 0) is 48.9 Å². The van der Waals surface area contributed by atoms with Gasteiger partial charge in [0.05, 0.1) is 39.3 Å². The van der Waals surface area contributed by atoms with Crippen molar-refractivity contribution < 1.29 is 79.5 Å². The first-order valence-corrected chi connectivity index (χ1v) is 10.5. The molecule has 0 saturated heterocycles. The van der Waals surface area contributed by atoms with E-state index in [1.807, 2.05) is 0 Å². The number of carbonyl (C=O) groups is 6. The molecule has 17 heteroatoms. The van der Waals surface area contributed by atoms with Gasteiger partial charge in [0.1, 0.15) is 0 Å². The summed E-state index contributed by atoms with van der Waals surface area (Å²) in [4.78, 5) is 71.2. The van der Waals surface area contributed by atoms with Crippen molar-refractivity contribution in [3.8, 4) is 0 Å². The summed E-state index contributed by atoms with van der Waals surface area (Å²) >= 11 is 0. The van der Waals surface area contributed by atoms with Crippen molar-refractivity contribution in [1.82, 2.24) is 19.6 Å². The van der Waals surface area contributed by atoms with E-state index in [-0.39, 0.29) is 65.8 Å². The summed E-state index contributed by atoms with van der Waals surface area (Å²) in [6.45, 7) is -2.57. The Morgan fingerprint density at radius 2 is 0.556 bits per heavy atom. The van der Waals surface area contributed by atoms with E-state index in [1.165, 1.54) is 9.80 Å². The van der Waals surface area contributed by atoms with Gasteiger partial charge in [0, 0.05) is 59.4 Å². The molecule has 0 aliphatic rings. The molecule has 36 heavy (non-hydrogen) atoms. The van der Waals surface area contributed by atoms with Crippen LogP contribution in [0.25, 0.3) is 0 Å². The van der Waals surface area contributed by atoms with Gasteiger partial charge >= 0.3 is 35.8 Å².